The monoisotopic (exact) mass is 445 g/mol. The van der Waals surface area contributed by atoms with Gasteiger partial charge in [-0.3, -0.25) is 4.79 Å². The number of ketones is 1. The molecule has 0 spiro atoms. The summed E-state index contributed by atoms with van der Waals surface area (Å²) in [4.78, 5) is 15.3. The molecule has 0 heterocycles. The molecule has 0 radical (unpaired) electrons. The highest BCUT2D eigenvalue weighted by atomic mass is 16.3. The van der Waals surface area contributed by atoms with Crippen molar-refractivity contribution in [3.63, 3.8) is 0 Å². The molecule has 3 aliphatic rings. The number of hydrogen-bond donors (Lipinski definition) is 1. The van der Waals surface area contributed by atoms with Crippen LogP contribution in [0.15, 0.2) is 5.11 Å². The molecule has 0 aromatic rings. The van der Waals surface area contributed by atoms with E-state index in [9.17, 15) is 9.90 Å². The van der Waals surface area contributed by atoms with Gasteiger partial charge in [0.25, 0.3) is 0 Å². The SMILES string of the molecule is CC(C)CCCC(C)[C@H]1CC[C@H]2[C@H](CN=[N+]=[N-])[C@@H]([C@@]3(C)CCC(=O)C[C@@H]3CO)CC[C@]12C. The Hall–Kier alpha value is -1.06. The van der Waals surface area contributed by atoms with Gasteiger partial charge in [-0.25, -0.2) is 0 Å². The van der Waals surface area contributed by atoms with Crippen LogP contribution >= 0.6 is 0 Å². The maximum atomic E-state index is 12.2. The van der Waals surface area contributed by atoms with Crippen molar-refractivity contribution in [2.24, 2.45) is 57.4 Å². The van der Waals surface area contributed by atoms with Gasteiger partial charge < -0.3 is 5.11 Å². The molecule has 1 unspecified atom stereocenters. The fraction of sp³-hybridized carbons (Fsp3) is 0.963. The molecule has 0 saturated heterocycles. The van der Waals surface area contributed by atoms with Crippen LogP contribution in [0.2, 0.25) is 0 Å². The predicted molar refractivity (Wildman–Crippen MR) is 130 cm³/mol. The van der Waals surface area contributed by atoms with Gasteiger partial charge in [-0.15, -0.1) is 0 Å². The van der Waals surface area contributed by atoms with E-state index in [1.54, 1.807) is 0 Å². The molecule has 8 atom stereocenters. The highest BCUT2D eigenvalue weighted by Gasteiger charge is 2.58. The van der Waals surface area contributed by atoms with Crippen molar-refractivity contribution in [1.82, 2.24) is 0 Å². The highest BCUT2D eigenvalue weighted by molar-refractivity contribution is 5.79. The zero-order chi connectivity index (χ0) is 23.5. The van der Waals surface area contributed by atoms with E-state index in [4.69, 9.17) is 5.53 Å². The van der Waals surface area contributed by atoms with Gasteiger partial charge >= 0.3 is 0 Å². The average molecular weight is 446 g/mol. The van der Waals surface area contributed by atoms with E-state index in [0.717, 1.165) is 30.6 Å². The molecule has 32 heavy (non-hydrogen) atoms. The molecule has 0 bridgehead atoms. The van der Waals surface area contributed by atoms with Crippen molar-refractivity contribution in [3.05, 3.63) is 10.4 Å². The Labute approximate surface area is 195 Å². The number of aliphatic hydroxyl groups excluding tert-OH is 1. The number of Topliss-reactive ketones (excluding diaryl/α,β-unsaturated/α-hetero) is 1. The molecular weight excluding hydrogens is 398 g/mol. The van der Waals surface area contributed by atoms with Crippen LogP contribution in [0.5, 0.6) is 0 Å². The minimum Gasteiger partial charge on any atom is -0.396 e. The molecule has 0 aromatic carbocycles. The third kappa shape index (κ3) is 4.89. The smallest absolute Gasteiger partial charge is 0.133 e. The molecular formula is C27H47N3O2. The molecule has 3 fully saturated rings. The van der Waals surface area contributed by atoms with Crippen LogP contribution < -0.4 is 0 Å². The number of rotatable bonds is 9. The van der Waals surface area contributed by atoms with Crippen LogP contribution in [0.4, 0.5) is 0 Å². The number of carbonyl (C=O) groups excluding carboxylic acids is 1. The van der Waals surface area contributed by atoms with Crippen LogP contribution in [-0.2, 0) is 4.79 Å². The summed E-state index contributed by atoms with van der Waals surface area (Å²) < 4.78 is 0. The fourth-order valence-electron chi connectivity index (χ4n) is 8.50. The van der Waals surface area contributed by atoms with E-state index in [1.807, 2.05) is 0 Å². The minimum absolute atomic E-state index is 0.0406. The number of aliphatic hydroxyl groups is 1. The molecule has 182 valence electrons. The van der Waals surface area contributed by atoms with Crippen molar-refractivity contribution in [3.8, 4) is 0 Å². The molecule has 5 nitrogen and oxygen atoms in total. The van der Waals surface area contributed by atoms with Gasteiger partial charge in [-0.2, -0.15) is 0 Å². The minimum atomic E-state index is -0.0411. The van der Waals surface area contributed by atoms with E-state index >= 15 is 0 Å². The quantitative estimate of drug-likeness (QED) is 0.231. The van der Waals surface area contributed by atoms with E-state index < -0.39 is 0 Å². The number of fused-ring (bicyclic) bond motifs is 1. The summed E-state index contributed by atoms with van der Waals surface area (Å²) in [5.74, 6) is 3.98. The molecule has 5 heteroatoms. The Morgan fingerprint density at radius 1 is 1.09 bits per heavy atom. The van der Waals surface area contributed by atoms with Gasteiger partial charge in [0.15, 0.2) is 0 Å². The summed E-state index contributed by atoms with van der Waals surface area (Å²) in [6.07, 6.45) is 10.9. The van der Waals surface area contributed by atoms with E-state index in [2.05, 4.69) is 44.6 Å². The lowest BCUT2D eigenvalue weighted by Crippen LogP contribution is -2.52. The third-order valence-electron chi connectivity index (χ3n) is 10.4. The molecule has 0 amide bonds. The van der Waals surface area contributed by atoms with Gasteiger partial charge in [-0.05, 0) is 89.9 Å². The average Bonchev–Trinajstić information content (AvgIpc) is 3.10. The lowest BCUT2D eigenvalue weighted by Gasteiger charge is -2.57. The summed E-state index contributed by atoms with van der Waals surface area (Å²) in [5.41, 5.74) is 9.43. The van der Waals surface area contributed by atoms with Gasteiger partial charge in [0.1, 0.15) is 5.78 Å². The van der Waals surface area contributed by atoms with Crippen LogP contribution in [-0.4, -0.2) is 24.0 Å². The Morgan fingerprint density at radius 3 is 2.47 bits per heavy atom. The number of nitrogens with zero attached hydrogens (tertiary/aromatic N) is 3. The molecule has 3 aliphatic carbocycles. The lowest BCUT2D eigenvalue weighted by atomic mass is 9.48. The number of carbonyl (C=O) groups is 1. The summed E-state index contributed by atoms with van der Waals surface area (Å²) in [6, 6.07) is 0. The summed E-state index contributed by atoms with van der Waals surface area (Å²) in [5, 5.41) is 14.3. The van der Waals surface area contributed by atoms with Gasteiger partial charge in [-0.1, -0.05) is 59.0 Å². The summed E-state index contributed by atoms with van der Waals surface area (Å²) >= 11 is 0. The number of azide groups is 1. The lowest BCUT2D eigenvalue weighted by molar-refractivity contribution is -0.133. The molecule has 0 aromatic heterocycles. The van der Waals surface area contributed by atoms with Crippen LogP contribution in [0, 0.1) is 52.3 Å². The van der Waals surface area contributed by atoms with Gasteiger partial charge in [0.2, 0.25) is 0 Å². The fourth-order valence-corrected chi connectivity index (χ4v) is 8.50. The first kappa shape index (κ1) is 25.6. The maximum Gasteiger partial charge on any atom is 0.133 e. The zero-order valence-corrected chi connectivity index (χ0v) is 21.2. The van der Waals surface area contributed by atoms with Crippen LogP contribution in [0.1, 0.15) is 98.8 Å². The van der Waals surface area contributed by atoms with Crippen molar-refractivity contribution >= 4 is 5.78 Å². The Bertz CT molecular complexity index is 703. The highest BCUT2D eigenvalue weighted by Crippen LogP contribution is 2.65. The Morgan fingerprint density at radius 2 is 1.81 bits per heavy atom. The standard InChI is InChI=1S/C27H47N3O2/c1-18(2)7-6-8-19(3)23-9-10-24-22(16-29-30-28)25(12-14-27(23,24)5)26(4)13-11-21(32)15-20(26)17-31/h18-20,22-25,31H,6-17H2,1-5H3/t19?,20-,22+,23-,24+,25+,26+,27-/m1/s1. The molecule has 0 aliphatic heterocycles. The van der Waals surface area contributed by atoms with Crippen molar-refractivity contribution < 1.29 is 9.90 Å². The first-order chi connectivity index (χ1) is 15.2. The van der Waals surface area contributed by atoms with Crippen LogP contribution in [0.3, 0.4) is 0 Å². The van der Waals surface area contributed by atoms with Crippen molar-refractivity contribution in [2.75, 3.05) is 13.2 Å². The maximum absolute atomic E-state index is 12.2. The van der Waals surface area contributed by atoms with E-state index in [-0.39, 0.29) is 17.9 Å². The normalized spacial score (nSPS) is 40.7. The summed E-state index contributed by atoms with van der Waals surface area (Å²) in [6.45, 7) is 12.6. The number of hydrogen-bond acceptors (Lipinski definition) is 3. The molecule has 3 saturated carbocycles. The first-order valence-corrected chi connectivity index (χ1v) is 13.3. The second kappa shape index (κ2) is 10.5. The van der Waals surface area contributed by atoms with Gasteiger partial charge in [0.05, 0.1) is 0 Å². The Kier molecular flexibility index (Phi) is 8.36. The van der Waals surface area contributed by atoms with E-state index in [0.29, 0.717) is 48.3 Å². The topological polar surface area (TPSA) is 86.1 Å². The second-order valence-corrected chi connectivity index (χ2v) is 12.4. The third-order valence-corrected chi connectivity index (χ3v) is 10.4. The summed E-state index contributed by atoms with van der Waals surface area (Å²) in [7, 11) is 0. The van der Waals surface area contributed by atoms with Crippen LogP contribution in [0.25, 0.3) is 10.4 Å². The second-order valence-electron chi connectivity index (χ2n) is 12.4. The van der Waals surface area contributed by atoms with Gasteiger partial charge in [0, 0.05) is 30.9 Å². The first-order valence-electron chi connectivity index (χ1n) is 13.3. The molecule has 3 rings (SSSR count). The predicted octanol–water partition coefficient (Wildman–Crippen LogP) is 7.19. The van der Waals surface area contributed by atoms with Crippen molar-refractivity contribution in [2.45, 2.75) is 98.8 Å². The van der Waals surface area contributed by atoms with Crippen molar-refractivity contribution in [1.29, 1.82) is 0 Å². The molecule has 1 N–H and O–H groups in total. The van der Waals surface area contributed by atoms with E-state index in [1.165, 1.54) is 38.5 Å². The zero-order valence-electron chi connectivity index (χ0n) is 21.2. The Balaban J connectivity index is 1.82. The largest absolute Gasteiger partial charge is 0.396 e.